The Balaban J connectivity index is 1.53. The highest BCUT2D eigenvalue weighted by atomic mass is 79.9. The van der Waals surface area contributed by atoms with Crippen molar-refractivity contribution in [3.8, 4) is 0 Å². The minimum atomic E-state index is 0.0890. The molecule has 0 unspecified atom stereocenters. The zero-order chi connectivity index (χ0) is 14.4. The molecule has 1 aromatic carbocycles. The third-order valence-electron chi connectivity index (χ3n) is 4.67. The normalized spacial score (nSPS) is 28.0. The fraction of sp³-hybridized carbons (Fsp3) is 0.438. The van der Waals surface area contributed by atoms with Crippen LogP contribution < -0.4 is 5.32 Å². The predicted molar refractivity (Wildman–Crippen MR) is 89.9 cm³/mol. The molecule has 1 N–H and O–H groups in total. The van der Waals surface area contributed by atoms with E-state index < -0.39 is 0 Å². The van der Waals surface area contributed by atoms with E-state index >= 15 is 0 Å². The number of thiophene rings is 1. The van der Waals surface area contributed by atoms with Crippen LogP contribution >= 0.6 is 27.3 Å². The summed E-state index contributed by atoms with van der Waals surface area (Å²) in [5.41, 5.74) is 0. The number of benzene rings is 1. The third kappa shape index (κ3) is 2.62. The van der Waals surface area contributed by atoms with E-state index in [0.717, 1.165) is 26.0 Å². The molecule has 0 spiro atoms. The van der Waals surface area contributed by atoms with Gasteiger partial charge in [0, 0.05) is 21.8 Å². The summed E-state index contributed by atoms with van der Waals surface area (Å²) in [5.74, 6) is 0.758. The molecule has 5 heteroatoms. The summed E-state index contributed by atoms with van der Waals surface area (Å²) in [5, 5.41) is 4.39. The zero-order valence-corrected chi connectivity index (χ0v) is 14.0. The van der Waals surface area contributed by atoms with Crippen LogP contribution in [0.3, 0.4) is 0 Å². The van der Waals surface area contributed by atoms with Crippen LogP contribution in [0.1, 0.15) is 22.5 Å². The van der Waals surface area contributed by atoms with Gasteiger partial charge >= 0.3 is 0 Å². The van der Waals surface area contributed by atoms with Gasteiger partial charge in [0.2, 0.25) is 0 Å². The number of fused-ring (bicyclic) bond motifs is 4. The average molecular weight is 365 g/mol. The first kappa shape index (κ1) is 13.7. The van der Waals surface area contributed by atoms with Crippen molar-refractivity contribution >= 4 is 43.3 Å². The first-order valence-electron chi connectivity index (χ1n) is 7.41. The number of nitrogens with one attached hydrogen (secondary N) is 1. The van der Waals surface area contributed by atoms with E-state index in [1.807, 2.05) is 12.1 Å². The van der Waals surface area contributed by atoms with E-state index in [9.17, 15) is 4.79 Å². The molecule has 4 heterocycles. The topological polar surface area (TPSA) is 32.3 Å². The van der Waals surface area contributed by atoms with Crippen molar-refractivity contribution in [1.29, 1.82) is 0 Å². The van der Waals surface area contributed by atoms with Crippen molar-refractivity contribution in [2.45, 2.75) is 18.9 Å². The lowest BCUT2D eigenvalue weighted by Gasteiger charge is -2.44. The van der Waals surface area contributed by atoms with Crippen molar-refractivity contribution in [3.63, 3.8) is 0 Å². The summed E-state index contributed by atoms with van der Waals surface area (Å²) >= 11 is 5.06. The Kier molecular flexibility index (Phi) is 3.52. The van der Waals surface area contributed by atoms with Crippen molar-refractivity contribution in [3.05, 3.63) is 33.6 Å². The number of hydrogen-bond donors (Lipinski definition) is 1. The van der Waals surface area contributed by atoms with Gasteiger partial charge in [-0.05, 0) is 61.5 Å². The molecule has 0 saturated carbocycles. The molecule has 1 atom stereocenters. The maximum Gasteiger partial charge on any atom is 0.261 e. The second-order valence-corrected chi connectivity index (χ2v) is 8.01. The molecule has 21 heavy (non-hydrogen) atoms. The lowest BCUT2D eigenvalue weighted by atomic mass is 9.84. The van der Waals surface area contributed by atoms with Crippen LogP contribution in [0.15, 0.2) is 28.7 Å². The molecule has 3 aliphatic heterocycles. The maximum absolute atomic E-state index is 12.5. The van der Waals surface area contributed by atoms with Gasteiger partial charge < -0.3 is 10.2 Å². The second kappa shape index (κ2) is 5.38. The van der Waals surface area contributed by atoms with Crippen LogP contribution in [0.5, 0.6) is 0 Å². The van der Waals surface area contributed by atoms with Crippen LogP contribution in [-0.4, -0.2) is 36.5 Å². The van der Waals surface area contributed by atoms with Crippen molar-refractivity contribution in [2.24, 2.45) is 5.92 Å². The second-order valence-electron chi connectivity index (χ2n) is 6.01. The summed E-state index contributed by atoms with van der Waals surface area (Å²) in [6.07, 6.45) is 2.45. The summed E-state index contributed by atoms with van der Waals surface area (Å²) in [6, 6.07) is 8.48. The summed E-state index contributed by atoms with van der Waals surface area (Å²) in [6.45, 7) is 3.43. The van der Waals surface area contributed by atoms with Crippen molar-refractivity contribution < 1.29 is 4.79 Å². The molecule has 3 saturated heterocycles. The Morgan fingerprint density at radius 3 is 2.81 bits per heavy atom. The molecule has 0 aliphatic carbocycles. The number of amides is 1. The number of hydrogen-bond acceptors (Lipinski definition) is 3. The Morgan fingerprint density at radius 2 is 2.10 bits per heavy atom. The Hall–Kier alpha value is -0.910. The molecule has 3 fully saturated rings. The smallest absolute Gasteiger partial charge is 0.261 e. The highest BCUT2D eigenvalue weighted by Gasteiger charge is 2.35. The first-order chi connectivity index (χ1) is 10.2. The average Bonchev–Trinajstić information content (AvgIpc) is 2.91. The summed E-state index contributed by atoms with van der Waals surface area (Å²) in [4.78, 5) is 15.8. The molecule has 5 rings (SSSR count). The van der Waals surface area contributed by atoms with Gasteiger partial charge in [0.25, 0.3) is 5.91 Å². The quantitative estimate of drug-likeness (QED) is 0.884. The van der Waals surface area contributed by atoms with E-state index in [1.165, 1.54) is 25.9 Å². The Labute approximate surface area is 136 Å². The number of halogens is 1. The van der Waals surface area contributed by atoms with Crippen LogP contribution in [0.4, 0.5) is 0 Å². The molecule has 3 aliphatic rings. The number of rotatable bonds is 2. The molecule has 110 valence electrons. The third-order valence-corrected chi connectivity index (χ3v) is 6.28. The molecular formula is C16H17BrN2OS. The summed E-state index contributed by atoms with van der Waals surface area (Å²) in [7, 11) is 0. The molecule has 0 radical (unpaired) electrons. The van der Waals surface area contributed by atoms with Crippen molar-refractivity contribution in [1.82, 2.24) is 10.2 Å². The van der Waals surface area contributed by atoms with E-state index in [2.05, 4.69) is 38.3 Å². The number of nitrogens with zero attached hydrogens (tertiary/aromatic N) is 1. The van der Waals surface area contributed by atoms with Crippen LogP contribution in [-0.2, 0) is 0 Å². The first-order valence-corrected chi connectivity index (χ1v) is 9.02. The molecule has 1 aromatic heterocycles. The van der Waals surface area contributed by atoms with Gasteiger partial charge in [-0.1, -0.05) is 15.9 Å². The van der Waals surface area contributed by atoms with Crippen molar-refractivity contribution in [2.75, 3.05) is 19.6 Å². The van der Waals surface area contributed by atoms with Crippen LogP contribution in [0, 0.1) is 5.92 Å². The van der Waals surface area contributed by atoms with Crippen LogP contribution in [0.25, 0.3) is 10.1 Å². The number of piperidine rings is 3. The number of carbonyl (C=O) groups excluding carboxylic acids is 1. The van der Waals surface area contributed by atoms with Gasteiger partial charge in [-0.3, -0.25) is 4.79 Å². The van der Waals surface area contributed by atoms with Crippen LogP contribution in [0.2, 0.25) is 0 Å². The predicted octanol–water partition coefficient (Wildman–Crippen LogP) is 3.49. The lowest BCUT2D eigenvalue weighted by molar-refractivity contribution is 0.0622. The van der Waals surface area contributed by atoms with Gasteiger partial charge in [0.05, 0.1) is 4.88 Å². The minimum Gasteiger partial charge on any atom is -0.347 e. The highest BCUT2D eigenvalue weighted by Crippen LogP contribution is 2.30. The van der Waals surface area contributed by atoms with Gasteiger partial charge in [0.1, 0.15) is 0 Å². The molecular weight excluding hydrogens is 348 g/mol. The SMILES string of the molecule is O=C(N[C@H]1CN2CCC1CC2)c1cc2cc(Br)ccc2s1. The van der Waals surface area contributed by atoms with Gasteiger partial charge in [-0.2, -0.15) is 0 Å². The van der Waals surface area contributed by atoms with E-state index in [4.69, 9.17) is 0 Å². The highest BCUT2D eigenvalue weighted by molar-refractivity contribution is 9.10. The van der Waals surface area contributed by atoms with E-state index in [1.54, 1.807) is 11.3 Å². The molecule has 3 nitrogen and oxygen atoms in total. The van der Waals surface area contributed by atoms with Gasteiger partial charge in [-0.15, -0.1) is 11.3 Å². The zero-order valence-electron chi connectivity index (χ0n) is 11.6. The Morgan fingerprint density at radius 1 is 1.29 bits per heavy atom. The monoisotopic (exact) mass is 364 g/mol. The molecule has 2 aromatic rings. The van der Waals surface area contributed by atoms with E-state index in [0.29, 0.717) is 12.0 Å². The lowest BCUT2D eigenvalue weighted by Crippen LogP contribution is -2.57. The molecule has 1 amide bonds. The standard InChI is InChI=1S/C16H17BrN2OS/c17-12-1-2-14-11(7-12)8-15(21-14)16(20)18-13-9-19-5-3-10(13)4-6-19/h1-2,7-8,10,13H,3-6,9H2,(H,18,20)/t13-/m0/s1. The van der Waals surface area contributed by atoms with Gasteiger partial charge in [-0.25, -0.2) is 0 Å². The summed E-state index contributed by atoms with van der Waals surface area (Å²) < 4.78 is 2.22. The number of carbonyl (C=O) groups is 1. The van der Waals surface area contributed by atoms with Gasteiger partial charge in [0.15, 0.2) is 0 Å². The Bertz CT molecular complexity index is 691. The largest absolute Gasteiger partial charge is 0.347 e. The maximum atomic E-state index is 12.5. The van der Waals surface area contributed by atoms with E-state index in [-0.39, 0.29) is 5.91 Å². The minimum absolute atomic E-state index is 0.0890. The fourth-order valence-electron chi connectivity index (χ4n) is 3.49. The molecule has 2 bridgehead atoms. The fourth-order valence-corrected chi connectivity index (χ4v) is 4.82.